The minimum Gasteiger partial charge on any atom is -0.497 e. The van der Waals surface area contributed by atoms with Crippen molar-refractivity contribution in [3.63, 3.8) is 0 Å². The van der Waals surface area contributed by atoms with Crippen LogP contribution in [0.2, 0.25) is 0 Å². The Hall–Kier alpha value is -4.52. The lowest BCUT2D eigenvalue weighted by atomic mass is 10.1. The van der Waals surface area contributed by atoms with E-state index in [1.165, 1.54) is 0 Å². The first kappa shape index (κ1) is 21.0. The number of aliphatic imine (C=N–C) groups is 1. The summed E-state index contributed by atoms with van der Waals surface area (Å²) in [5.74, 6) is -0.0708. The number of benzene rings is 2. The van der Waals surface area contributed by atoms with Crippen LogP contribution in [-0.4, -0.2) is 39.1 Å². The van der Waals surface area contributed by atoms with E-state index in [-0.39, 0.29) is 17.0 Å². The largest absolute Gasteiger partial charge is 0.497 e. The van der Waals surface area contributed by atoms with E-state index in [4.69, 9.17) is 15.0 Å². The number of anilines is 1. The van der Waals surface area contributed by atoms with Crippen molar-refractivity contribution >= 4 is 17.3 Å². The maximum absolute atomic E-state index is 15.1. The maximum atomic E-state index is 15.1. The third-order valence-electron chi connectivity index (χ3n) is 6.26. The van der Waals surface area contributed by atoms with E-state index in [2.05, 4.69) is 10.2 Å². The van der Waals surface area contributed by atoms with E-state index >= 15 is 8.78 Å². The standard InChI is InChI=1S/C25H19F2N7O/c1-35-17-5-3-15(4-6-17)14-34-23-18-12-29-33-8-2-7-32(25(18)33)24(31-21(23)13-30-34)22-19(26)9-16(11-28)10-20(22)27/h3-6,9-10,12-13H,2,7-8,14H2,1H3. The van der Waals surface area contributed by atoms with Gasteiger partial charge in [-0.15, -0.1) is 0 Å². The fourth-order valence-electron chi connectivity index (χ4n) is 4.66. The zero-order valence-electron chi connectivity index (χ0n) is 18.7. The van der Waals surface area contributed by atoms with Crippen LogP contribution >= 0.6 is 0 Å². The number of nitrogens with zero attached hydrogens (tertiary/aromatic N) is 7. The van der Waals surface area contributed by atoms with Crippen LogP contribution in [0, 0.1) is 23.0 Å². The van der Waals surface area contributed by atoms with Crippen molar-refractivity contribution in [3.05, 3.63) is 77.1 Å². The molecule has 0 aliphatic carbocycles. The van der Waals surface area contributed by atoms with Gasteiger partial charge in [0.2, 0.25) is 0 Å². The first-order chi connectivity index (χ1) is 17.1. The summed E-state index contributed by atoms with van der Waals surface area (Å²) in [5.41, 5.74) is 2.64. The monoisotopic (exact) mass is 471 g/mol. The minimum atomic E-state index is -0.840. The summed E-state index contributed by atoms with van der Waals surface area (Å²) in [6, 6.07) is 11.5. The molecule has 0 spiro atoms. The molecule has 4 heterocycles. The van der Waals surface area contributed by atoms with Gasteiger partial charge in [-0.3, -0.25) is 4.68 Å². The van der Waals surface area contributed by atoms with E-state index in [0.29, 0.717) is 31.1 Å². The molecule has 0 saturated heterocycles. The predicted octanol–water partition coefficient (Wildman–Crippen LogP) is 4.26. The fourth-order valence-corrected chi connectivity index (χ4v) is 4.66. The molecule has 0 fully saturated rings. The van der Waals surface area contributed by atoms with E-state index in [1.54, 1.807) is 30.5 Å². The highest BCUT2D eigenvalue weighted by atomic mass is 19.1. The molecule has 0 N–H and O–H groups in total. The third-order valence-corrected chi connectivity index (χ3v) is 6.26. The van der Waals surface area contributed by atoms with Crippen molar-refractivity contribution in [2.45, 2.75) is 19.5 Å². The number of methoxy groups -OCH3 is 1. The Kier molecular flexibility index (Phi) is 4.84. The van der Waals surface area contributed by atoms with Gasteiger partial charge in [0, 0.05) is 13.1 Å². The summed E-state index contributed by atoms with van der Waals surface area (Å²) in [6.45, 7) is 1.67. The first-order valence-corrected chi connectivity index (χ1v) is 11.1. The number of aromatic nitrogens is 4. The first-order valence-electron chi connectivity index (χ1n) is 11.1. The van der Waals surface area contributed by atoms with Crippen LogP contribution < -0.4 is 9.64 Å². The molecule has 35 heavy (non-hydrogen) atoms. The normalized spacial score (nSPS) is 14.0. The van der Waals surface area contributed by atoms with Crippen LogP contribution in [-0.2, 0) is 13.1 Å². The number of ether oxygens (including phenoxy) is 1. The molecule has 0 saturated carbocycles. The lowest BCUT2D eigenvalue weighted by molar-refractivity contribution is 0.414. The highest BCUT2D eigenvalue weighted by molar-refractivity contribution is 6.14. The van der Waals surface area contributed by atoms with Crippen molar-refractivity contribution in [1.82, 2.24) is 19.6 Å². The van der Waals surface area contributed by atoms with Crippen LogP contribution in [0.4, 0.5) is 20.3 Å². The zero-order valence-corrected chi connectivity index (χ0v) is 18.7. The number of hydrogen-bond donors (Lipinski definition) is 0. The van der Waals surface area contributed by atoms with Crippen LogP contribution in [0.3, 0.4) is 0 Å². The van der Waals surface area contributed by atoms with Gasteiger partial charge < -0.3 is 9.64 Å². The molecule has 0 radical (unpaired) electrons. The number of hydrogen-bond acceptors (Lipinski definition) is 6. The van der Waals surface area contributed by atoms with Gasteiger partial charge in [0.25, 0.3) is 0 Å². The Morgan fingerprint density at radius 2 is 1.83 bits per heavy atom. The number of nitriles is 1. The Bertz CT molecular complexity index is 1510. The Balaban J connectivity index is 1.53. The van der Waals surface area contributed by atoms with E-state index in [0.717, 1.165) is 41.1 Å². The molecular formula is C25H19F2N7O. The van der Waals surface area contributed by atoms with Crippen molar-refractivity contribution in [2.75, 3.05) is 18.6 Å². The van der Waals surface area contributed by atoms with Crippen LogP contribution in [0.1, 0.15) is 23.1 Å². The summed E-state index contributed by atoms with van der Waals surface area (Å²) in [4.78, 5) is 6.53. The molecule has 2 aromatic heterocycles. The molecule has 6 rings (SSSR count). The maximum Gasteiger partial charge on any atom is 0.148 e. The molecule has 0 bridgehead atoms. The van der Waals surface area contributed by atoms with Crippen LogP contribution in [0.5, 0.6) is 5.75 Å². The van der Waals surface area contributed by atoms with Crippen molar-refractivity contribution in [2.24, 2.45) is 4.99 Å². The second-order valence-electron chi connectivity index (χ2n) is 8.36. The van der Waals surface area contributed by atoms with Crippen molar-refractivity contribution in [1.29, 1.82) is 5.26 Å². The summed E-state index contributed by atoms with van der Waals surface area (Å²) < 4.78 is 39.1. The van der Waals surface area contributed by atoms with E-state index < -0.39 is 11.6 Å². The molecular weight excluding hydrogens is 452 g/mol. The highest BCUT2D eigenvalue weighted by Gasteiger charge is 2.35. The highest BCUT2D eigenvalue weighted by Crippen LogP contribution is 2.43. The molecule has 0 atom stereocenters. The molecule has 2 aromatic carbocycles. The molecule has 2 aliphatic heterocycles. The van der Waals surface area contributed by atoms with Crippen LogP contribution in [0.25, 0.3) is 11.3 Å². The van der Waals surface area contributed by atoms with Gasteiger partial charge >= 0.3 is 0 Å². The average Bonchev–Trinajstić information content (AvgIpc) is 3.43. The molecule has 0 unspecified atom stereocenters. The van der Waals surface area contributed by atoms with Gasteiger partial charge in [-0.25, -0.2) is 18.5 Å². The molecule has 8 nitrogen and oxygen atoms in total. The number of rotatable bonds is 4. The quantitative estimate of drug-likeness (QED) is 0.444. The predicted molar refractivity (Wildman–Crippen MR) is 125 cm³/mol. The van der Waals surface area contributed by atoms with E-state index in [1.807, 2.05) is 33.6 Å². The Labute approximate surface area is 199 Å². The van der Waals surface area contributed by atoms with Gasteiger partial charge in [-0.1, -0.05) is 12.1 Å². The molecule has 174 valence electrons. The number of aryl methyl sites for hydroxylation is 1. The van der Waals surface area contributed by atoms with Gasteiger partial charge in [-0.05, 0) is 36.2 Å². The van der Waals surface area contributed by atoms with Crippen molar-refractivity contribution in [3.8, 4) is 23.1 Å². The van der Waals surface area contributed by atoms with E-state index in [9.17, 15) is 0 Å². The second kappa shape index (κ2) is 8.06. The van der Waals surface area contributed by atoms with Gasteiger partial charge in [0.1, 0.15) is 34.7 Å². The van der Waals surface area contributed by atoms with Crippen LogP contribution in [0.15, 0.2) is 53.8 Å². The minimum absolute atomic E-state index is 0.0876. The molecule has 0 amide bonds. The number of halogens is 2. The van der Waals surface area contributed by atoms with Gasteiger partial charge in [0.15, 0.2) is 0 Å². The average molecular weight is 471 g/mol. The summed E-state index contributed by atoms with van der Waals surface area (Å²) in [7, 11) is 1.62. The fraction of sp³-hybridized carbons (Fsp3) is 0.200. The Morgan fingerprint density at radius 3 is 2.54 bits per heavy atom. The summed E-state index contributed by atoms with van der Waals surface area (Å²) >= 11 is 0. The Morgan fingerprint density at radius 1 is 1.06 bits per heavy atom. The van der Waals surface area contributed by atoms with Crippen molar-refractivity contribution < 1.29 is 13.5 Å². The smallest absolute Gasteiger partial charge is 0.148 e. The molecule has 10 heteroatoms. The molecule has 2 aliphatic rings. The zero-order chi connectivity index (χ0) is 24.1. The van der Waals surface area contributed by atoms with Gasteiger partial charge in [0.05, 0.1) is 54.5 Å². The van der Waals surface area contributed by atoms with Gasteiger partial charge in [-0.2, -0.15) is 15.5 Å². The summed E-state index contributed by atoms with van der Waals surface area (Å²) in [6.07, 6.45) is 4.09. The third kappa shape index (κ3) is 3.35. The second-order valence-corrected chi connectivity index (χ2v) is 8.36. The lowest BCUT2D eigenvalue weighted by Crippen LogP contribution is -2.39. The summed E-state index contributed by atoms with van der Waals surface area (Å²) in [5, 5.41) is 18.2. The molecule has 4 aromatic rings. The number of amidine groups is 1. The SMILES string of the molecule is COc1ccc(Cn2ncc3c2-c2cnn4c2N(CCC4)C(c2c(F)cc(C#N)cc2F)=N3)cc1. The lowest BCUT2D eigenvalue weighted by Gasteiger charge is -2.30. The number of fused-ring (bicyclic) bond motifs is 2. The topological polar surface area (TPSA) is 84.3 Å².